The van der Waals surface area contributed by atoms with E-state index < -0.39 is 5.97 Å². The molecule has 218 valence electrons. The Balaban J connectivity index is 1.61. The number of benzene rings is 1. The number of methoxy groups -OCH3 is 3. The monoisotopic (exact) mass is 570 g/mol. The predicted molar refractivity (Wildman–Crippen MR) is 160 cm³/mol. The van der Waals surface area contributed by atoms with Crippen LogP contribution in [0.15, 0.2) is 60.9 Å². The van der Waals surface area contributed by atoms with E-state index in [4.69, 9.17) is 23.9 Å². The number of aromatic nitrogens is 3. The first-order valence-electron chi connectivity index (χ1n) is 13.7. The van der Waals surface area contributed by atoms with Crippen LogP contribution in [0, 0.1) is 0 Å². The summed E-state index contributed by atoms with van der Waals surface area (Å²) in [4.78, 5) is 30.0. The lowest BCUT2D eigenvalue weighted by Gasteiger charge is -2.12. The zero-order valence-electron chi connectivity index (χ0n) is 24.4. The molecule has 1 N–H and O–H groups in total. The predicted octanol–water partition coefficient (Wildman–Crippen LogP) is 5.70. The van der Waals surface area contributed by atoms with Crippen molar-refractivity contribution in [2.75, 3.05) is 39.8 Å². The number of hydrogen-bond donors (Lipinski definition) is 1. The second kappa shape index (κ2) is 12.3. The Kier molecular flexibility index (Phi) is 8.33. The molecule has 0 aliphatic heterocycles. The molecule has 5 aromatic rings. The number of rotatable bonds is 12. The van der Waals surface area contributed by atoms with Crippen LogP contribution in [0.5, 0.6) is 17.2 Å². The van der Waals surface area contributed by atoms with Crippen LogP contribution in [0.2, 0.25) is 0 Å². The van der Waals surface area contributed by atoms with Crippen LogP contribution in [-0.2, 0) is 11.2 Å². The number of esters is 1. The molecule has 42 heavy (non-hydrogen) atoms. The Morgan fingerprint density at radius 2 is 1.76 bits per heavy atom. The van der Waals surface area contributed by atoms with E-state index in [0.717, 1.165) is 23.1 Å². The lowest BCUT2D eigenvalue weighted by Crippen LogP contribution is -2.09. The van der Waals surface area contributed by atoms with Crippen molar-refractivity contribution in [1.82, 2.24) is 13.8 Å². The molecule has 0 saturated heterocycles. The number of Topliss-reactive ketones (excluding diaryl/α,β-unsaturated/α-hetero) is 1. The third kappa shape index (κ3) is 5.47. The zero-order chi connectivity index (χ0) is 29.8. The number of hydrogen-bond acceptors (Lipinski definition) is 8. The van der Waals surface area contributed by atoms with Gasteiger partial charge in [-0.05, 0) is 54.8 Å². The molecule has 0 atom stereocenters. The van der Waals surface area contributed by atoms with Gasteiger partial charge in [0, 0.05) is 37.5 Å². The van der Waals surface area contributed by atoms with Crippen molar-refractivity contribution in [3.8, 4) is 28.5 Å². The summed E-state index contributed by atoms with van der Waals surface area (Å²) in [6, 6.07) is 14.9. The Bertz CT molecular complexity index is 1770. The van der Waals surface area contributed by atoms with Gasteiger partial charge >= 0.3 is 5.97 Å². The van der Waals surface area contributed by atoms with Crippen molar-refractivity contribution >= 4 is 28.7 Å². The van der Waals surface area contributed by atoms with Crippen LogP contribution in [0.3, 0.4) is 0 Å². The molecular formula is C32H34N4O6. The summed E-state index contributed by atoms with van der Waals surface area (Å²) in [6.45, 7) is 4.73. The molecule has 10 heteroatoms. The van der Waals surface area contributed by atoms with E-state index in [2.05, 4.69) is 5.32 Å². The molecule has 1 aromatic carbocycles. The molecule has 0 bridgehead atoms. The van der Waals surface area contributed by atoms with Gasteiger partial charge in [-0.25, -0.2) is 9.78 Å². The summed E-state index contributed by atoms with van der Waals surface area (Å²) in [7, 11) is 4.57. The number of ketones is 1. The van der Waals surface area contributed by atoms with Crippen molar-refractivity contribution < 1.29 is 28.5 Å². The Hall–Kier alpha value is -4.99. The summed E-state index contributed by atoms with van der Waals surface area (Å²) in [5, 5.41) is 3.54. The molecule has 0 spiro atoms. The Morgan fingerprint density at radius 3 is 2.48 bits per heavy atom. The van der Waals surface area contributed by atoms with Gasteiger partial charge in [0.05, 0.1) is 44.7 Å². The highest BCUT2D eigenvalue weighted by atomic mass is 16.5. The number of imidazole rings is 1. The van der Waals surface area contributed by atoms with Gasteiger partial charge in [0.15, 0.2) is 17.3 Å². The fourth-order valence-corrected chi connectivity index (χ4v) is 4.95. The van der Waals surface area contributed by atoms with E-state index in [1.165, 1.54) is 7.11 Å². The van der Waals surface area contributed by atoms with Crippen LogP contribution in [0.1, 0.15) is 46.7 Å². The van der Waals surface area contributed by atoms with Crippen molar-refractivity contribution in [3.05, 3.63) is 77.7 Å². The number of nitrogens with one attached hydrogen (secondary N) is 1. The first-order valence-corrected chi connectivity index (χ1v) is 13.7. The van der Waals surface area contributed by atoms with E-state index in [1.54, 1.807) is 39.5 Å². The first kappa shape index (κ1) is 28.5. The summed E-state index contributed by atoms with van der Waals surface area (Å²) in [5.74, 6) is 2.19. The average Bonchev–Trinajstić information content (AvgIpc) is 3.57. The second-order valence-electron chi connectivity index (χ2n) is 9.78. The van der Waals surface area contributed by atoms with E-state index in [0.29, 0.717) is 65.2 Å². The fourth-order valence-electron chi connectivity index (χ4n) is 4.95. The van der Waals surface area contributed by atoms with E-state index in [1.807, 2.05) is 58.3 Å². The molecule has 0 radical (unpaired) electrons. The van der Waals surface area contributed by atoms with Crippen LogP contribution < -0.4 is 19.5 Å². The van der Waals surface area contributed by atoms with Crippen molar-refractivity contribution in [2.45, 2.75) is 26.7 Å². The van der Waals surface area contributed by atoms with Gasteiger partial charge in [0.25, 0.3) is 0 Å². The van der Waals surface area contributed by atoms with Crippen molar-refractivity contribution in [1.29, 1.82) is 0 Å². The third-order valence-corrected chi connectivity index (χ3v) is 7.03. The molecule has 10 nitrogen and oxygen atoms in total. The van der Waals surface area contributed by atoms with Gasteiger partial charge in [0.1, 0.15) is 22.9 Å². The molecule has 0 aliphatic carbocycles. The maximum atomic E-state index is 12.6. The minimum Gasteiger partial charge on any atom is -0.493 e. The topological polar surface area (TPSA) is 105 Å². The molecule has 0 fully saturated rings. The molecule has 0 saturated carbocycles. The molecule has 0 aliphatic rings. The van der Waals surface area contributed by atoms with Gasteiger partial charge < -0.3 is 28.7 Å². The van der Waals surface area contributed by atoms with Gasteiger partial charge in [-0.1, -0.05) is 13.0 Å². The largest absolute Gasteiger partial charge is 0.493 e. The lowest BCUT2D eigenvalue weighted by molar-refractivity contribution is 0.0600. The maximum Gasteiger partial charge on any atom is 0.339 e. The maximum absolute atomic E-state index is 12.6. The SMILES string of the molecule is CCCOc1ccn2c(C(C)=O)cc(-c3nc4ccc(C(=O)OC)cn4c3NCCc3ccc(OC)c(OC)c3)c2c1. The van der Waals surface area contributed by atoms with E-state index in [9.17, 15) is 9.59 Å². The summed E-state index contributed by atoms with van der Waals surface area (Å²) in [5.41, 5.74) is 4.79. The summed E-state index contributed by atoms with van der Waals surface area (Å²) < 4.78 is 25.4. The van der Waals surface area contributed by atoms with Gasteiger partial charge in [-0.3, -0.25) is 9.20 Å². The molecule has 0 unspecified atom stereocenters. The number of ether oxygens (including phenoxy) is 4. The van der Waals surface area contributed by atoms with Crippen LogP contribution in [0.25, 0.3) is 22.4 Å². The second-order valence-corrected chi connectivity index (χ2v) is 9.78. The first-order chi connectivity index (χ1) is 20.4. The number of carbonyl (C=O) groups excluding carboxylic acids is 2. The number of carbonyl (C=O) groups is 2. The third-order valence-electron chi connectivity index (χ3n) is 7.03. The standard InChI is InChI=1S/C32H34N4O6/c1-6-15-42-23-12-14-35-25(20(2)37)18-24(26(35)17-23)30-31(36-19-22(32(38)41-5)8-10-29(36)34-30)33-13-11-21-7-9-27(39-3)28(16-21)40-4/h7-10,12,14,16-19,33H,6,11,13,15H2,1-5H3. The number of fused-ring (bicyclic) bond motifs is 2. The molecule has 4 aromatic heterocycles. The van der Waals surface area contributed by atoms with Crippen LogP contribution in [-0.4, -0.2) is 60.0 Å². The number of pyridine rings is 2. The van der Waals surface area contributed by atoms with Crippen molar-refractivity contribution in [3.63, 3.8) is 0 Å². The number of nitrogens with zero attached hydrogens (tertiary/aromatic N) is 3. The van der Waals surface area contributed by atoms with Crippen LogP contribution in [0.4, 0.5) is 5.82 Å². The van der Waals surface area contributed by atoms with Gasteiger partial charge in [0.2, 0.25) is 0 Å². The normalized spacial score (nSPS) is 11.1. The highest BCUT2D eigenvalue weighted by molar-refractivity contribution is 5.99. The zero-order valence-corrected chi connectivity index (χ0v) is 24.4. The lowest BCUT2D eigenvalue weighted by atomic mass is 10.1. The molecule has 0 amide bonds. The molecule has 5 rings (SSSR count). The minimum absolute atomic E-state index is 0.0711. The number of anilines is 1. The Labute approximate surface area is 243 Å². The molecule has 4 heterocycles. The smallest absolute Gasteiger partial charge is 0.339 e. The quantitative estimate of drug-likeness (QED) is 0.150. The van der Waals surface area contributed by atoms with E-state index >= 15 is 0 Å². The molecular weight excluding hydrogens is 536 g/mol. The average molecular weight is 571 g/mol. The van der Waals surface area contributed by atoms with Gasteiger partial charge in [-0.2, -0.15) is 0 Å². The highest BCUT2D eigenvalue weighted by Crippen LogP contribution is 2.36. The van der Waals surface area contributed by atoms with Crippen molar-refractivity contribution in [2.24, 2.45) is 0 Å². The van der Waals surface area contributed by atoms with Gasteiger partial charge in [-0.15, -0.1) is 0 Å². The fraction of sp³-hybridized carbons (Fsp3) is 0.281. The minimum atomic E-state index is -0.450. The summed E-state index contributed by atoms with van der Waals surface area (Å²) >= 11 is 0. The van der Waals surface area contributed by atoms with E-state index in [-0.39, 0.29) is 5.78 Å². The highest BCUT2D eigenvalue weighted by Gasteiger charge is 2.22. The summed E-state index contributed by atoms with van der Waals surface area (Å²) in [6.07, 6.45) is 5.10. The van der Waals surface area contributed by atoms with Crippen LogP contribution >= 0.6 is 0 Å². The Morgan fingerprint density at radius 1 is 0.952 bits per heavy atom.